The molecule has 0 bridgehead atoms. The van der Waals surface area contributed by atoms with Crippen LogP contribution in [0.4, 0.5) is 14.9 Å². The molecule has 108 valence electrons. The molecule has 2 N–H and O–H groups in total. The van der Waals surface area contributed by atoms with E-state index in [2.05, 4.69) is 12.2 Å². The summed E-state index contributed by atoms with van der Waals surface area (Å²) in [5, 5.41) is 11.3. The van der Waals surface area contributed by atoms with E-state index in [4.69, 9.17) is 5.11 Å². The van der Waals surface area contributed by atoms with Crippen LogP contribution >= 0.6 is 0 Å². The Kier molecular flexibility index (Phi) is 3.92. The number of hydrogen-bond acceptors (Lipinski definition) is 2. The van der Waals surface area contributed by atoms with Gasteiger partial charge in [0.2, 0.25) is 0 Å². The smallest absolute Gasteiger partial charge is 0.335 e. The van der Waals surface area contributed by atoms with Gasteiger partial charge in [-0.3, -0.25) is 0 Å². The maximum Gasteiger partial charge on any atom is 0.335 e. The van der Waals surface area contributed by atoms with E-state index in [0.29, 0.717) is 12.5 Å². The van der Waals surface area contributed by atoms with Gasteiger partial charge in [-0.2, -0.15) is 0 Å². The van der Waals surface area contributed by atoms with Crippen LogP contribution in [0.15, 0.2) is 18.2 Å². The number of amides is 2. The Bertz CT molecular complexity index is 547. The molecule has 0 radical (unpaired) electrons. The number of urea groups is 1. The highest BCUT2D eigenvalue weighted by Gasteiger charge is 2.30. The van der Waals surface area contributed by atoms with Crippen molar-refractivity contribution in [2.75, 3.05) is 11.9 Å². The van der Waals surface area contributed by atoms with Crippen molar-refractivity contribution >= 4 is 17.7 Å². The Hall–Kier alpha value is -2.11. The molecular formula is C14H17FN2O3. The van der Waals surface area contributed by atoms with Gasteiger partial charge in [0.05, 0.1) is 11.3 Å². The number of carbonyl (C=O) groups is 2. The highest BCUT2D eigenvalue weighted by molar-refractivity contribution is 5.93. The third-order valence-corrected chi connectivity index (χ3v) is 3.50. The summed E-state index contributed by atoms with van der Waals surface area (Å²) in [6.07, 6.45) is 0.908. The summed E-state index contributed by atoms with van der Waals surface area (Å²) < 4.78 is 13.6. The van der Waals surface area contributed by atoms with Crippen LogP contribution in [0.25, 0.3) is 0 Å². The molecule has 1 heterocycles. The monoisotopic (exact) mass is 280 g/mol. The molecule has 0 saturated carbocycles. The zero-order chi connectivity index (χ0) is 14.9. The summed E-state index contributed by atoms with van der Waals surface area (Å²) in [6, 6.07) is 3.02. The number of aromatic carboxylic acids is 1. The van der Waals surface area contributed by atoms with E-state index in [1.807, 2.05) is 6.92 Å². The number of nitrogens with zero attached hydrogens (tertiary/aromatic N) is 1. The third kappa shape index (κ3) is 2.89. The molecule has 6 heteroatoms. The van der Waals surface area contributed by atoms with Crippen LogP contribution in [0.2, 0.25) is 0 Å². The second-order valence-corrected chi connectivity index (χ2v) is 5.27. The lowest BCUT2D eigenvalue weighted by Gasteiger charge is -2.22. The van der Waals surface area contributed by atoms with Crippen LogP contribution in [-0.4, -0.2) is 34.6 Å². The van der Waals surface area contributed by atoms with Crippen molar-refractivity contribution in [3.05, 3.63) is 29.6 Å². The summed E-state index contributed by atoms with van der Waals surface area (Å²) in [6.45, 7) is 4.61. The first-order valence-corrected chi connectivity index (χ1v) is 6.49. The number of carboxylic acid groups (broad SMARTS) is 1. The highest BCUT2D eigenvalue weighted by atomic mass is 19.1. The zero-order valence-corrected chi connectivity index (χ0v) is 11.4. The van der Waals surface area contributed by atoms with Gasteiger partial charge < -0.3 is 15.3 Å². The molecular weight excluding hydrogens is 263 g/mol. The Morgan fingerprint density at radius 3 is 2.65 bits per heavy atom. The summed E-state index contributed by atoms with van der Waals surface area (Å²) in [5.41, 5.74) is -0.175. The number of carbonyl (C=O) groups excluding carboxylic acids is 1. The SMILES string of the molecule is CC1CC(C)N(C(=O)Nc2cc(C(=O)O)ccc2F)C1. The van der Waals surface area contributed by atoms with Crippen molar-refractivity contribution in [3.63, 3.8) is 0 Å². The number of hydrogen-bond donors (Lipinski definition) is 2. The van der Waals surface area contributed by atoms with Gasteiger partial charge >= 0.3 is 12.0 Å². The van der Waals surface area contributed by atoms with Crippen LogP contribution in [0, 0.1) is 11.7 Å². The number of anilines is 1. The molecule has 5 nitrogen and oxygen atoms in total. The fourth-order valence-corrected chi connectivity index (χ4v) is 2.52. The molecule has 1 saturated heterocycles. The Morgan fingerprint density at radius 1 is 1.40 bits per heavy atom. The number of likely N-dealkylation sites (tertiary alicyclic amines) is 1. The van der Waals surface area contributed by atoms with Gasteiger partial charge in [0.25, 0.3) is 0 Å². The van der Waals surface area contributed by atoms with Gasteiger partial charge in [0.1, 0.15) is 5.82 Å². The molecule has 1 aromatic rings. The first-order valence-electron chi connectivity index (χ1n) is 6.49. The van der Waals surface area contributed by atoms with Gasteiger partial charge in [0, 0.05) is 12.6 Å². The largest absolute Gasteiger partial charge is 0.478 e. The van der Waals surface area contributed by atoms with E-state index in [1.54, 1.807) is 4.90 Å². The standard InChI is InChI=1S/C14H17FN2O3/c1-8-5-9(2)17(7-8)14(20)16-12-6-10(13(18)19)3-4-11(12)15/h3-4,6,8-9H,5,7H2,1-2H3,(H,16,20)(H,18,19). The van der Waals surface area contributed by atoms with Crippen molar-refractivity contribution in [1.29, 1.82) is 0 Å². The predicted molar refractivity (Wildman–Crippen MR) is 72.3 cm³/mol. The van der Waals surface area contributed by atoms with Crippen molar-refractivity contribution < 1.29 is 19.1 Å². The summed E-state index contributed by atoms with van der Waals surface area (Å²) >= 11 is 0. The molecule has 20 heavy (non-hydrogen) atoms. The van der Waals surface area contributed by atoms with Crippen molar-refractivity contribution in [2.45, 2.75) is 26.3 Å². The first-order chi connectivity index (χ1) is 9.38. The molecule has 1 fully saturated rings. The molecule has 0 aliphatic carbocycles. The second kappa shape index (κ2) is 5.48. The number of benzene rings is 1. The van der Waals surface area contributed by atoms with E-state index in [9.17, 15) is 14.0 Å². The lowest BCUT2D eigenvalue weighted by Crippen LogP contribution is -2.37. The van der Waals surface area contributed by atoms with E-state index in [0.717, 1.165) is 24.6 Å². The first kappa shape index (κ1) is 14.3. The van der Waals surface area contributed by atoms with Gasteiger partial charge in [-0.15, -0.1) is 0 Å². The third-order valence-electron chi connectivity index (χ3n) is 3.50. The van der Waals surface area contributed by atoms with Gasteiger partial charge in [-0.05, 0) is 37.5 Å². The maximum atomic E-state index is 13.6. The van der Waals surface area contributed by atoms with Crippen molar-refractivity contribution in [3.8, 4) is 0 Å². The minimum Gasteiger partial charge on any atom is -0.478 e. The average Bonchev–Trinajstić information content (AvgIpc) is 2.71. The van der Waals surface area contributed by atoms with Gasteiger partial charge in [0.15, 0.2) is 0 Å². The minimum atomic E-state index is -1.16. The fourth-order valence-electron chi connectivity index (χ4n) is 2.52. The molecule has 1 aromatic carbocycles. The van der Waals surface area contributed by atoms with E-state index in [-0.39, 0.29) is 17.3 Å². The van der Waals surface area contributed by atoms with E-state index in [1.165, 1.54) is 0 Å². The van der Waals surface area contributed by atoms with Crippen LogP contribution in [-0.2, 0) is 0 Å². The van der Waals surface area contributed by atoms with Crippen LogP contribution in [0.5, 0.6) is 0 Å². The van der Waals surface area contributed by atoms with Crippen molar-refractivity contribution in [1.82, 2.24) is 4.90 Å². The van der Waals surface area contributed by atoms with E-state index >= 15 is 0 Å². The number of rotatable bonds is 2. The highest BCUT2D eigenvalue weighted by Crippen LogP contribution is 2.24. The quantitative estimate of drug-likeness (QED) is 0.875. The number of carboxylic acids is 1. The zero-order valence-electron chi connectivity index (χ0n) is 11.4. The molecule has 2 atom stereocenters. The lowest BCUT2D eigenvalue weighted by molar-refractivity contribution is 0.0697. The van der Waals surface area contributed by atoms with Crippen LogP contribution < -0.4 is 5.32 Å². The van der Waals surface area contributed by atoms with Crippen LogP contribution in [0.1, 0.15) is 30.6 Å². The Labute approximate surface area is 116 Å². The van der Waals surface area contributed by atoms with Crippen molar-refractivity contribution in [2.24, 2.45) is 5.92 Å². The summed E-state index contributed by atoms with van der Waals surface area (Å²) in [4.78, 5) is 24.6. The number of halogens is 1. The molecule has 1 aliphatic rings. The molecule has 0 aromatic heterocycles. The molecule has 2 rings (SSSR count). The lowest BCUT2D eigenvalue weighted by atomic mass is 10.1. The van der Waals surface area contributed by atoms with Crippen LogP contribution in [0.3, 0.4) is 0 Å². The van der Waals surface area contributed by atoms with Gasteiger partial charge in [-0.1, -0.05) is 6.92 Å². The fraction of sp³-hybridized carbons (Fsp3) is 0.429. The predicted octanol–water partition coefficient (Wildman–Crippen LogP) is 2.79. The molecule has 0 spiro atoms. The van der Waals surface area contributed by atoms with E-state index < -0.39 is 17.8 Å². The average molecular weight is 280 g/mol. The topological polar surface area (TPSA) is 69.6 Å². The molecule has 2 unspecified atom stereocenters. The van der Waals surface area contributed by atoms with Gasteiger partial charge in [-0.25, -0.2) is 14.0 Å². The Balaban J connectivity index is 2.15. The number of nitrogens with one attached hydrogen (secondary N) is 1. The summed E-state index contributed by atoms with van der Waals surface area (Å²) in [5.74, 6) is -1.40. The molecule has 2 amide bonds. The molecule has 1 aliphatic heterocycles. The Morgan fingerprint density at radius 2 is 2.10 bits per heavy atom. The minimum absolute atomic E-state index is 0.0652. The summed E-state index contributed by atoms with van der Waals surface area (Å²) in [7, 11) is 0. The maximum absolute atomic E-state index is 13.6. The second-order valence-electron chi connectivity index (χ2n) is 5.27. The normalized spacial score (nSPS) is 21.9.